The minimum Gasteiger partial charge on any atom is -0.326 e. The molecule has 0 atom stereocenters. The normalized spacial score (nSPS) is 10.4. The third-order valence-corrected chi connectivity index (χ3v) is 3.40. The summed E-state index contributed by atoms with van der Waals surface area (Å²) in [6.07, 6.45) is 8.99. The Morgan fingerprint density at radius 3 is 2.21 bits per heavy atom. The van der Waals surface area contributed by atoms with Crippen molar-refractivity contribution < 1.29 is 4.79 Å². The number of carbonyl (C=O) groups is 1. The van der Waals surface area contributed by atoms with E-state index in [0.29, 0.717) is 6.42 Å². The highest BCUT2D eigenvalue weighted by atomic mass is 16.1. The van der Waals surface area contributed by atoms with Crippen LogP contribution in [-0.4, -0.2) is 5.91 Å². The average Bonchev–Trinajstić information content (AvgIpc) is 2.43. The van der Waals surface area contributed by atoms with E-state index in [-0.39, 0.29) is 5.91 Å². The Morgan fingerprint density at radius 1 is 0.947 bits per heavy atom. The zero-order valence-electron chi connectivity index (χ0n) is 12.4. The molecular formula is C17H27NO. The molecule has 0 bridgehead atoms. The lowest BCUT2D eigenvalue weighted by molar-refractivity contribution is -0.116. The fraction of sp³-hybridized carbons (Fsp3) is 0.588. The summed E-state index contributed by atoms with van der Waals surface area (Å²) >= 11 is 0. The second-order valence-electron chi connectivity index (χ2n) is 5.12. The van der Waals surface area contributed by atoms with Gasteiger partial charge < -0.3 is 5.32 Å². The number of aryl methyl sites for hydroxylation is 1. The van der Waals surface area contributed by atoms with Gasteiger partial charge >= 0.3 is 0 Å². The fourth-order valence-corrected chi connectivity index (χ4v) is 2.11. The Bertz CT molecular complexity index is 356. The van der Waals surface area contributed by atoms with Crippen LogP contribution in [-0.2, 0) is 11.2 Å². The first-order chi connectivity index (χ1) is 9.26. The summed E-state index contributed by atoms with van der Waals surface area (Å²) in [5, 5.41) is 2.96. The molecule has 0 saturated heterocycles. The molecule has 0 aromatic heterocycles. The van der Waals surface area contributed by atoms with Crippen molar-refractivity contribution in [2.24, 2.45) is 0 Å². The predicted molar refractivity (Wildman–Crippen MR) is 82.4 cm³/mol. The zero-order valence-corrected chi connectivity index (χ0v) is 12.4. The second-order valence-corrected chi connectivity index (χ2v) is 5.12. The third-order valence-electron chi connectivity index (χ3n) is 3.40. The summed E-state index contributed by atoms with van der Waals surface area (Å²) in [6, 6.07) is 8.11. The van der Waals surface area contributed by atoms with Crippen molar-refractivity contribution in [1.82, 2.24) is 0 Å². The van der Waals surface area contributed by atoms with Crippen LogP contribution in [0.25, 0.3) is 0 Å². The first-order valence-electron chi connectivity index (χ1n) is 7.65. The molecular weight excluding hydrogens is 234 g/mol. The number of nitrogens with one attached hydrogen (secondary N) is 1. The lowest BCUT2D eigenvalue weighted by atomic mass is 10.1. The Labute approximate surface area is 117 Å². The van der Waals surface area contributed by atoms with Crippen LogP contribution >= 0.6 is 0 Å². The second kappa shape index (κ2) is 9.60. The van der Waals surface area contributed by atoms with E-state index >= 15 is 0 Å². The van der Waals surface area contributed by atoms with Crippen LogP contribution in [0.2, 0.25) is 0 Å². The predicted octanol–water partition coefficient (Wildman–Crippen LogP) is 4.94. The van der Waals surface area contributed by atoms with E-state index in [1.54, 1.807) is 0 Å². The first kappa shape index (κ1) is 15.7. The molecule has 0 aliphatic rings. The van der Waals surface area contributed by atoms with Crippen molar-refractivity contribution in [3.05, 3.63) is 29.8 Å². The molecule has 0 unspecified atom stereocenters. The molecule has 0 aliphatic carbocycles. The van der Waals surface area contributed by atoms with Crippen LogP contribution in [0, 0.1) is 0 Å². The fourth-order valence-electron chi connectivity index (χ4n) is 2.11. The smallest absolute Gasteiger partial charge is 0.224 e. The lowest BCUT2D eigenvalue weighted by Gasteiger charge is -2.06. The van der Waals surface area contributed by atoms with Crippen molar-refractivity contribution >= 4 is 11.6 Å². The van der Waals surface area contributed by atoms with Gasteiger partial charge in [0.2, 0.25) is 5.91 Å². The molecule has 19 heavy (non-hydrogen) atoms. The summed E-state index contributed by atoms with van der Waals surface area (Å²) < 4.78 is 0. The van der Waals surface area contributed by atoms with Crippen molar-refractivity contribution in [2.75, 3.05) is 5.32 Å². The number of amides is 1. The van der Waals surface area contributed by atoms with Gasteiger partial charge in [0.15, 0.2) is 0 Å². The molecule has 0 aliphatic heterocycles. The quantitative estimate of drug-likeness (QED) is 0.627. The summed E-state index contributed by atoms with van der Waals surface area (Å²) in [6.45, 7) is 4.35. The van der Waals surface area contributed by atoms with Gasteiger partial charge in [-0.25, -0.2) is 0 Å². The van der Waals surface area contributed by atoms with E-state index < -0.39 is 0 Å². The SMILES string of the molecule is CCCCCCCCC(=O)Nc1ccc(CC)cc1. The van der Waals surface area contributed by atoms with E-state index in [1.165, 1.54) is 37.7 Å². The number of hydrogen-bond donors (Lipinski definition) is 1. The molecule has 1 rings (SSSR count). The molecule has 2 heteroatoms. The monoisotopic (exact) mass is 261 g/mol. The van der Waals surface area contributed by atoms with Gasteiger partial charge in [-0.15, -0.1) is 0 Å². The topological polar surface area (TPSA) is 29.1 Å². The molecule has 0 fully saturated rings. The van der Waals surface area contributed by atoms with E-state index in [4.69, 9.17) is 0 Å². The van der Waals surface area contributed by atoms with E-state index in [2.05, 4.69) is 31.3 Å². The van der Waals surface area contributed by atoms with Crippen LogP contribution in [0.3, 0.4) is 0 Å². The van der Waals surface area contributed by atoms with Crippen molar-refractivity contribution in [1.29, 1.82) is 0 Å². The summed E-state index contributed by atoms with van der Waals surface area (Å²) in [7, 11) is 0. The van der Waals surface area contributed by atoms with Crippen LogP contribution in [0.15, 0.2) is 24.3 Å². The van der Waals surface area contributed by atoms with Crippen LogP contribution in [0.5, 0.6) is 0 Å². The summed E-state index contributed by atoms with van der Waals surface area (Å²) in [5.74, 6) is 0.139. The standard InChI is InChI=1S/C17H27NO/c1-3-5-6-7-8-9-10-17(19)18-16-13-11-15(4-2)12-14-16/h11-14H,3-10H2,1-2H3,(H,18,19). The molecule has 0 spiro atoms. The molecule has 2 nitrogen and oxygen atoms in total. The van der Waals surface area contributed by atoms with Crippen molar-refractivity contribution in [3.8, 4) is 0 Å². The molecule has 0 radical (unpaired) electrons. The summed E-state index contributed by atoms with van der Waals surface area (Å²) in [4.78, 5) is 11.7. The van der Waals surface area contributed by atoms with Gasteiger partial charge in [-0.05, 0) is 30.5 Å². The van der Waals surface area contributed by atoms with Gasteiger partial charge in [0, 0.05) is 12.1 Å². The van der Waals surface area contributed by atoms with Crippen LogP contribution in [0.1, 0.15) is 64.4 Å². The molecule has 106 valence electrons. The molecule has 0 heterocycles. The Balaban J connectivity index is 2.16. The average molecular weight is 261 g/mol. The van der Waals surface area contributed by atoms with E-state index in [1.807, 2.05) is 12.1 Å². The minimum atomic E-state index is 0.139. The van der Waals surface area contributed by atoms with Crippen LogP contribution in [0.4, 0.5) is 5.69 Å². The highest BCUT2D eigenvalue weighted by Gasteiger charge is 2.02. The van der Waals surface area contributed by atoms with Crippen molar-refractivity contribution in [3.63, 3.8) is 0 Å². The number of hydrogen-bond acceptors (Lipinski definition) is 1. The maximum Gasteiger partial charge on any atom is 0.224 e. The Kier molecular flexibility index (Phi) is 7.95. The Hall–Kier alpha value is -1.31. The maximum absolute atomic E-state index is 11.7. The number of carbonyl (C=O) groups excluding carboxylic acids is 1. The number of rotatable bonds is 9. The highest BCUT2D eigenvalue weighted by molar-refractivity contribution is 5.90. The molecule has 1 amide bonds. The molecule has 1 N–H and O–H groups in total. The third kappa shape index (κ3) is 7.00. The minimum absolute atomic E-state index is 0.139. The summed E-state index contributed by atoms with van der Waals surface area (Å²) in [5.41, 5.74) is 2.21. The number of benzene rings is 1. The van der Waals surface area contributed by atoms with Gasteiger partial charge in [-0.1, -0.05) is 58.1 Å². The lowest BCUT2D eigenvalue weighted by Crippen LogP contribution is -2.10. The van der Waals surface area contributed by atoms with Gasteiger partial charge in [0.1, 0.15) is 0 Å². The highest BCUT2D eigenvalue weighted by Crippen LogP contribution is 2.12. The van der Waals surface area contributed by atoms with Gasteiger partial charge in [-0.3, -0.25) is 4.79 Å². The zero-order chi connectivity index (χ0) is 13.9. The number of unbranched alkanes of at least 4 members (excludes halogenated alkanes) is 5. The van der Waals surface area contributed by atoms with E-state index in [0.717, 1.165) is 18.5 Å². The van der Waals surface area contributed by atoms with Crippen LogP contribution < -0.4 is 5.32 Å². The largest absolute Gasteiger partial charge is 0.326 e. The Morgan fingerprint density at radius 2 is 1.58 bits per heavy atom. The van der Waals surface area contributed by atoms with Gasteiger partial charge in [-0.2, -0.15) is 0 Å². The van der Waals surface area contributed by atoms with Gasteiger partial charge in [0.25, 0.3) is 0 Å². The van der Waals surface area contributed by atoms with E-state index in [9.17, 15) is 4.79 Å². The maximum atomic E-state index is 11.7. The molecule has 1 aromatic carbocycles. The van der Waals surface area contributed by atoms with Crippen molar-refractivity contribution in [2.45, 2.75) is 65.2 Å². The molecule has 1 aromatic rings. The molecule has 0 saturated carbocycles. The van der Waals surface area contributed by atoms with Gasteiger partial charge in [0.05, 0.1) is 0 Å². The number of anilines is 1. The first-order valence-corrected chi connectivity index (χ1v) is 7.65.